The first kappa shape index (κ1) is 22.5. The average molecular weight is 488 g/mol. The molecule has 0 aliphatic heterocycles. The van der Waals surface area contributed by atoms with E-state index in [-0.39, 0.29) is 11.4 Å². The molecule has 7 nitrogen and oxygen atoms in total. The lowest BCUT2D eigenvalue weighted by Crippen LogP contribution is -2.20. The smallest absolute Gasteiger partial charge is 0.297 e. The van der Waals surface area contributed by atoms with Crippen molar-refractivity contribution in [2.45, 2.75) is 13.8 Å². The van der Waals surface area contributed by atoms with Gasteiger partial charge in [-0.05, 0) is 62.4 Å². The van der Waals surface area contributed by atoms with Crippen LogP contribution < -0.4 is 10.4 Å². The van der Waals surface area contributed by atoms with E-state index in [2.05, 4.69) is 0 Å². The van der Waals surface area contributed by atoms with Crippen LogP contribution in [0.25, 0.3) is 16.9 Å². The first-order chi connectivity index (χ1) is 16.9. The van der Waals surface area contributed by atoms with Gasteiger partial charge in [-0.3, -0.25) is 9.48 Å². The van der Waals surface area contributed by atoms with Crippen LogP contribution in [0.3, 0.4) is 0 Å². The topological polar surface area (TPSA) is 69.7 Å². The number of hydrogen-bond acceptors (Lipinski definition) is 5. The Morgan fingerprint density at radius 2 is 1.77 bits per heavy atom. The van der Waals surface area contributed by atoms with E-state index >= 15 is 0 Å². The third-order valence-corrected chi connectivity index (χ3v) is 6.50. The minimum absolute atomic E-state index is 0.230. The summed E-state index contributed by atoms with van der Waals surface area (Å²) in [7, 11) is 1.83. The van der Waals surface area contributed by atoms with Gasteiger partial charge in [-0.1, -0.05) is 18.2 Å². The SMILES string of the molecule is CC(=Nn1c(-c2ccc(F)cc2)csc1=Nc1c(C)n(C)n(-c2ccccc2)c1=O)c1ccco1. The molecule has 0 fully saturated rings. The summed E-state index contributed by atoms with van der Waals surface area (Å²) in [4.78, 5) is 18.7. The number of furan rings is 1. The van der Waals surface area contributed by atoms with E-state index in [1.54, 1.807) is 38.5 Å². The fourth-order valence-electron chi connectivity index (χ4n) is 3.76. The second-order valence-electron chi connectivity index (χ2n) is 7.91. The van der Waals surface area contributed by atoms with Gasteiger partial charge in [0, 0.05) is 18.0 Å². The first-order valence-electron chi connectivity index (χ1n) is 10.9. The molecule has 0 radical (unpaired) electrons. The molecule has 0 spiro atoms. The Morgan fingerprint density at radius 3 is 2.46 bits per heavy atom. The van der Waals surface area contributed by atoms with Crippen molar-refractivity contribution >= 4 is 22.7 Å². The van der Waals surface area contributed by atoms with Gasteiger partial charge < -0.3 is 4.42 Å². The summed E-state index contributed by atoms with van der Waals surface area (Å²) in [6, 6.07) is 19.2. The van der Waals surface area contributed by atoms with E-state index in [9.17, 15) is 9.18 Å². The Labute approximate surface area is 204 Å². The third-order valence-electron chi connectivity index (χ3n) is 5.68. The lowest BCUT2D eigenvalue weighted by atomic mass is 10.2. The summed E-state index contributed by atoms with van der Waals surface area (Å²) in [6.07, 6.45) is 1.58. The van der Waals surface area contributed by atoms with E-state index < -0.39 is 0 Å². The Hall–Kier alpha value is -4.24. The molecule has 0 aliphatic carbocycles. The fourth-order valence-corrected chi connectivity index (χ4v) is 4.59. The highest BCUT2D eigenvalue weighted by Crippen LogP contribution is 2.22. The van der Waals surface area contributed by atoms with E-state index in [0.717, 1.165) is 16.9 Å². The van der Waals surface area contributed by atoms with Crippen molar-refractivity contribution in [3.05, 3.63) is 111 Å². The van der Waals surface area contributed by atoms with E-state index in [0.29, 0.717) is 27.7 Å². The third kappa shape index (κ3) is 4.22. The van der Waals surface area contributed by atoms with Crippen molar-refractivity contribution in [3.63, 3.8) is 0 Å². The predicted octanol–water partition coefficient (Wildman–Crippen LogP) is 5.25. The van der Waals surface area contributed by atoms with E-state index in [1.165, 1.54) is 23.5 Å². The minimum Gasteiger partial charge on any atom is -0.463 e. The maximum absolute atomic E-state index is 13.6. The molecule has 3 aromatic heterocycles. The molecular formula is C26H22FN5O2S. The number of halogens is 1. The molecule has 35 heavy (non-hydrogen) atoms. The van der Waals surface area contributed by atoms with E-state index in [1.807, 2.05) is 62.7 Å². The lowest BCUT2D eigenvalue weighted by Gasteiger charge is -2.07. The zero-order valence-electron chi connectivity index (χ0n) is 19.3. The second-order valence-corrected chi connectivity index (χ2v) is 8.74. The van der Waals surface area contributed by atoms with Crippen molar-refractivity contribution in [1.29, 1.82) is 0 Å². The maximum atomic E-state index is 13.6. The van der Waals surface area contributed by atoms with Crippen LogP contribution in [-0.4, -0.2) is 19.8 Å². The number of benzene rings is 2. The Kier molecular flexibility index (Phi) is 5.92. The summed E-state index contributed by atoms with van der Waals surface area (Å²) in [5.41, 5.74) is 3.68. The van der Waals surface area contributed by atoms with Crippen molar-refractivity contribution in [1.82, 2.24) is 14.0 Å². The molecule has 9 heteroatoms. The van der Waals surface area contributed by atoms with Crippen LogP contribution in [0, 0.1) is 12.7 Å². The molecule has 0 N–H and O–H groups in total. The van der Waals surface area contributed by atoms with Crippen molar-refractivity contribution in [3.8, 4) is 16.9 Å². The quantitative estimate of drug-likeness (QED) is 0.318. The predicted molar refractivity (Wildman–Crippen MR) is 135 cm³/mol. The van der Waals surface area contributed by atoms with Crippen molar-refractivity contribution in [2.24, 2.45) is 17.1 Å². The van der Waals surface area contributed by atoms with Gasteiger partial charge in [-0.2, -0.15) is 5.10 Å². The standard InChI is InChI=1S/C26H22FN5O2S/c1-17(23-10-7-15-34-23)29-31-22(19-11-13-20(27)14-12-19)16-35-26(31)28-24-18(2)30(3)32(25(24)33)21-8-5-4-6-9-21/h4-16H,1-3H3. The van der Waals surface area contributed by atoms with Gasteiger partial charge in [0.1, 0.15) is 17.3 Å². The summed E-state index contributed by atoms with van der Waals surface area (Å²) < 4.78 is 24.1. The van der Waals surface area contributed by atoms with Crippen LogP contribution in [0.15, 0.2) is 97.7 Å². The number of nitrogens with zero attached hydrogens (tertiary/aromatic N) is 5. The molecule has 5 rings (SSSR count). The van der Waals surface area contributed by atoms with Gasteiger partial charge in [-0.25, -0.2) is 18.7 Å². The van der Waals surface area contributed by atoms with Crippen molar-refractivity contribution in [2.75, 3.05) is 0 Å². The number of aromatic nitrogens is 3. The molecule has 0 aliphatic rings. The zero-order chi connectivity index (χ0) is 24.5. The molecule has 0 unspecified atom stereocenters. The lowest BCUT2D eigenvalue weighted by molar-refractivity contribution is 0.556. The largest absolute Gasteiger partial charge is 0.463 e. The molecular weight excluding hydrogens is 465 g/mol. The van der Waals surface area contributed by atoms with Crippen LogP contribution >= 0.6 is 11.3 Å². The zero-order valence-corrected chi connectivity index (χ0v) is 20.2. The first-order valence-corrected chi connectivity index (χ1v) is 11.8. The van der Waals surface area contributed by atoms with Gasteiger partial charge in [0.05, 0.1) is 23.3 Å². The van der Waals surface area contributed by atoms with Crippen LogP contribution in [0.4, 0.5) is 10.1 Å². The highest BCUT2D eigenvalue weighted by atomic mass is 32.1. The van der Waals surface area contributed by atoms with Gasteiger partial charge in [0.2, 0.25) is 4.80 Å². The molecule has 0 atom stereocenters. The molecule has 5 aromatic rings. The normalized spacial score (nSPS) is 12.5. The molecule has 0 saturated carbocycles. The van der Waals surface area contributed by atoms with Crippen molar-refractivity contribution < 1.29 is 8.81 Å². The van der Waals surface area contributed by atoms with Crippen LogP contribution in [0.1, 0.15) is 18.4 Å². The van der Waals surface area contributed by atoms with E-state index in [4.69, 9.17) is 14.5 Å². The maximum Gasteiger partial charge on any atom is 0.297 e. The fraction of sp³-hybridized carbons (Fsp3) is 0.115. The molecule has 0 amide bonds. The van der Waals surface area contributed by atoms with Gasteiger partial charge in [0.25, 0.3) is 5.56 Å². The highest BCUT2D eigenvalue weighted by Gasteiger charge is 2.17. The Bertz CT molecular complexity index is 1640. The van der Waals surface area contributed by atoms with Gasteiger partial charge in [-0.15, -0.1) is 11.3 Å². The monoisotopic (exact) mass is 487 g/mol. The highest BCUT2D eigenvalue weighted by molar-refractivity contribution is 7.07. The number of hydrogen-bond donors (Lipinski definition) is 0. The molecule has 3 heterocycles. The molecule has 0 bridgehead atoms. The Balaban J connectivity index is 1.73. The summed E-state index contributed by atoms with van der Waals surface area (Å²) >= 11 is 1.35. The molecule has 176 valence electrons. The summed E-state index contributed by atoms with van der Waals surface area (Å²) in [5.74, 6) is 0.291. The molecule has 2 aromatic carbocycles. The van der Waals surface area contributed by atoms with Crippen LogP contribution in [-0.2, 0) is 7.05 Å². The second kappa shape index (κ2) is 9.19. The minimum atomic E-state index is -0.322. The average Bonchev–Trinajstić information content (AvgIpc) is 3.58. The Morgan fingerprint density at radius 1 is 1.03 bits per heavy atom. The number of rotatable bonds is 5. The summed E-state index contributed by atoms with van der Waals surface area (Å²) in [5, 5.41) is 6.64. The van der Waals surface area contributed by atoms with Crippen LogP contribution in [0.5, 0.6) is 0 Å². The number of thiazole rings is 1. The van der Waals surface area contributed by atoms with Crippen LogP contribution in [0.2, 0.25) is 0 Å². The van der Waals surface area contributed by atoms with Gasteiger partial charge >= 0.3 is 0 Å². The number of para-hydroxylation sites is 1. The summed E-state index contributed by atoms with van der Waals surface area (Å²) in [6.45, 7) is 3.69. The van der Waals surface area contributed by atoms with Gasteiger partial charge in [0.15, 0.2) is 5.69 Å². The molecule has 0 saturated heterocycles.